The highest BCUT2D eigenvalue weighted by atomic mass is 16.5. The summed E-state index contributed by atoms with van der Waals surface area (Å²) < 4.78 is 6.90. The van der Waals surface area contributed by atoms with Gasteiger partial charge in [0.25, 0.3) is 5.91 Å². The Bertz CT molecular complexity index is 764. The van der Waals surface area contributed by atoms with E-state index in [9.17, 15) is 4.79 Å². The van der Waals surface area contributed by atoms with Crippen LogP contribution in [0.3, 0.4) is 0 Å². The van der Waals surface area contributed by atoms with Crippen LogP contribution >= 0.6 is 0 Å². The van der Waals surface area contributed by atoms with E-state index in [1.54, 1.807) is 18.0 Å². The van der Waals surface area contributed by atoms with E-state index >= 15 is 0 Å². The molecule has 0 radical (unpaired) electrons. The molecule has 0 aliphatic carbocycles. The van der Waals surface area contributed by atoms with Crippen LogP contribution in [-0.4, -0.2) is 40.3 Å². The maximum Gasteiger partial charge on any atom is 0.273 e. The molecule has 0 bridgehead atoms. The van der Waals surface area contributed by atoms with Crippen molar-refractivity contribution >= 4 is 11.6 Å². The lowest BCUT2D eigenvalue weighted by Gasteiger charge is -2.07. The summed E-state index contributed by atoms with van der Waals surface area (Å²) in [6.45, 7) is 4.95. The predicted molar refractivity (Wildman–Crippen MR) is 86.0 cm³/mol. The van der Waals surface area contributed by atoms with Gasteiger partial charge in [0.05, 0.1) is 32.1 Å². The zero-order valence-electron chi connectivity index (χ0n) is 13.4. The van der Waals surface area contributed by atoms with E-state index in [0.717, 1.165) is 22.6 Å². The number of amides is 1. The van der Waals surface area contributed by atoms with Gasteiger partial charge in [-0.05, 0) is 31.5 Å². The molecule has 1 amide bonds. The number of ether oxygens (including phenoxy) is 1. The third-order valence-corrected chi connectivity index (χ3v) is 3.76. The van der Waals surface area contributed by atoms with E-state index in [1.807, 2.05) is 32.0 Å². The summed E-state index contributed by atoms with van der Waals surface area (Å²) in [5.74, 6) is 0.528. The maximum atomic E-state index is 12.2. The molecule has 120 valence electrons. The lowest BCUT2D eigenvalue weighted by Crippen LogP contribution is -2.29. The summed E-state index contributed by atoms with van der Waals surface area (Å²) in [6.07, 6.45) is 1.65. The van der Waals surface area contributed by atoms with Gasteiger partial charge in [-0.3, -0.25) is 9.79 Å². The van der Waals surface area contributed by atoms with Crippen LogP contribution in [0.15, 0.2) is 29.4 Å². The minimum atomic E-state index is -0.254. The molecule has 2 heterocycles. The summed E-state index contributed by atoms with van der Waals surface area (Å²) in [5, 5.41) is 10.7. The third-order valence-electron chi connectivity index (χ3n) is 3.76. The second kappa shape index (κ2) is 6.20. The van der Waals surface area contributed by atoms with Crippen molar-refractivity contribution < 1.29 is 9.53 Å². The number of nitrogens with zero attached hydrogens (tertiary/aromatic N) is 4. The minimum absolute atomic E-state index is 0.169. The average molecular weight is 313 g/mol. The first-order chi connectivity index (χ1) is 11.1. The normalized spacial score (nSPS) is 13.0. The Morgan fingerprint density at radius 3 is 2.96 bits per heavy atom. The van der Waals surface area contributed by atoms with E-state index in [0.29, 0.717) is 18.8 Å². The Labute approximate surface area is 134 Å². The van der Waals surface area contributed by atoms with Crippen LogP contribution in [0, 0.1) is 0 Å². The number of nitrogens with one attached hydrogen (secondary N) is 1. The van der Waals surface area contributed by atoms with Crippen LogP contribution in [0.4, 0.5) is 0 Å². The van der Waals surface area contributed by atoms with Gasteiger partial charge < -0.3 is 10.1 Å². The van der Waals surface area contributed by atoms with Crippen molar-refractivity contribution in [3.8, 4) is 5.75 Å². The van der Waals surface area contributed by atoms with E-state index in [4.69, 9.17) is 4.74 Å². The second-order valence-corrected chi connectivity index (χ2v) is 5.65. The Morgan fingerprint density at radius 1 is 1.43 bits per heavy atom. The minimum Gasteiger partial charge on any atom is -0.497 e. The fraction of sp³-hybridized carbons (Fsp3) is 0.375. The maximum absolute atomic E-state index is 12.2. The molecule has 0 saturated carbocycles. The van der Waals surface area contributed by atoms with E-state index in [2.05, 4.69) is 20.6 Å². The summed E-state index contributed by atoms with van der Waals surface area (Å²) in [6, 6.07) is 6.03. The molecule has 0 fully saturated rings. The van der Waals surface area contributed by atoms with Gasteiger partial charge in [-0.25, -0.2) is 4.68 Å². The van der Waals surface area contributed by atoms with Crippen LogP contribution in [-0.2, 0) is 6.54 Å². The smallest absolute Gasteiger partial charge is 0.273 e. The summed E-state index contributed by atoms with van der Waals surface area (Å²) in [5.41, 5.74) is 3.32. The first kappa shape index (κ1) is 15.2. The zero-order valence-corrected chi connectivity index (χ0v) is 13.4. The summed E-state index contributed by atoms with van der Waals surface area (Å²) >= 11 is 0. The number of benzene rings is 1. The Morgan fingerprint density at radius 2 is 2.26 bits per heavy atom. The molecule has 7 nitrogen and oxygen atoms in total. The van der Waals surface area contributed by atoms with Gasteiger partial charge in [-0.15, -0.1) is 5.10 Å². The van der Waals surface area contributed by atoms with E-state index in [-0.39, 0.29) is 11.9 Å². The molecule has 0 saturated heterocycles. The largest absolute Gasteiger partial charge is 0.497 e. The number of methoxy groups -OCH3 is 1. The third kappa shape index (κ3) is 3.08. The first-order valence-corrected chi connectivity index (χ1v) is 7.49. The van der Waals surface area contributed by atoms with Gasteiger partial charge in [0.15, 0.2) is 5.69 Å². The molecule has 1 aliphatic rings. The Kier molecular flexibility index (Phi) is 4.10. The number of fused-ring (bicyclic) bond motifs is 1. The van der Waals surface area contributed by atoms with Gasteiger partial charge >= 0.3 is 0 Å². The summed E-state index contributed by atoms with van der Waals surface area (Å²) in [4.78, 5) is 16.6. The first-order valence-electron chi connectivity index (χ1n) is 7.49. The van der Waals surface area contributed by atoms with E-state index < -0.39 is 0 Å². The topological polar surface area (TPSA) is 81.4 Å². The number of carbonyl (C=O) groups excluding carboxylic acids is 1. The quantitative estimate of drug-likeness (QED) is 0.909. The van der Waals surface area contributed by atoms with Crippen LogP contribution in [0.2, 0.25) is 0 Å². The molecule has 2 aromatic rings. The number of aromatic nitrogens is 3. The lowest BCUT2D eigenvalue weighted by molar-refractivity contribution is 0.0954. The summed E-state index contributed by atoms with van der Waals surface area (Å²) in [7, 11) is 1.63. The molecular weight excluding hydrogens is 294 g/mol. The van der Waals surface area contributed by atoms with Gasteiger partial charge in [0.2, 0.25) is 0 Å². The van der Waals surface area contributed by atoms with Crippen molar-refractivity contribution in [2.24, 2.45) is 4.99 Å². The molecular formula is C16H19N5O2. The van der Waals surface area contributed by atoms with Gasteiger partial charge in [0, 0.05) is 11.6 Å². The molecule has 1 aliphatic heterocycles. The van der Waals surface area contributed by atoms with Crippen molar-refractivity contribution in [2.75, 3.05) is 13.7 Å². The molecule has 23 heavy (non-hydrogen) atoms. The highest BCUT2D eigenvalue weighted by Gasteiger charge is 2.18. The SMILES string of the molecule is COc1ccc2c(c1)C(CNC(=O)c1cn(C(C)C)nn1)=NC2. The predicted octanol–water partition coefficient (Wildman–Crippen LogP) is 1.60. The molecule has 0 spiro atoms. The Balaban J connectivity index is 1.67. The van der Waals surface area contributed by atoms with Gasteiger partial charge in [0.1, 0.15) is 5.75 Å². The van der Waals surface area contributed by atoms with Crippen LogP contribution in [0.25, 0.3) is 0 Å². The van der Waals surface area contributed by atoms with Crippen molar-refractivity contribution in [1.82, 2.24) is 20.3 Å². The molecule has 0 unspecified atom stereocenters. The number of hydrogen-bond acceptors (Lipinski definition) is 5. The number of carbonyl (C=O) groups is 1. The van der Waals surface area contributed by atoms with Crippen molar-refractivity contribution in [3.05, 3.63) is 41.2 Å². The fourth-order valence-corrected chi connectivity index (χ4v) is 2.39. The molecule has 1 aromatic heterocycles. The van der Waals surface area contributed by atoms with Crippen molar-refractivity contribution in [1.29, 1.82) is 0 Å². The second-order valence-electron chi connectivity index (χ2n) is 5.65. The van der Waals surface area contributed by atoms with E-state index in [1.165, 1.54) is 0 Å². The van der Waals surface area contributed by atoms with Gasteiger partial charge in [-0.2, -0.15) is 0 Å². The van der Waals surface area contributed by atoms with Gasteiger partial charge in [-0.1, -0.05) is 11.3 Å². The molecule has 1 aromatic carbocycles. The molecule has 3 rings (SSSR count). The fourth-order valence-electron chi connectivity index (χ4n) is 2.39. The number of hydrogen-bond donors (Lipinski definition) is 1. The molecule has 1 N–H and O–H groups in total. The monoisotopic (exact) mass is 313 g/mol. The number of aliphatic imine (C=N–C) groups is 1. The van der Waals surface area contributed by atoms with Crippen molar-refractivity contribution in [2.45, 2.75) is 26.4 Å². The standard InChI is InChI=1S/C16H19N5O2/c1-10(2)21-9-15(19-20-21)16(22)18-8-14-13-6-12(23-3)5-4-11(13)7-17-14/h4-6,9-10H,7-8H2,1-3H3,(H,18,22). The molecule has 0 atom stereocenters. The Hall–Kier alpha value is -2.70. The van der Waals surface area contributed by atoms with Crippen LogP contribution in [0.5, 0.6) is 5.75 Å². The average Bonchev–Trinajstić information content (AvgIpc) is 3.19. The number of rotatable bonds is 5. The van der Waals surface area contributed by atoms with Crippen LogP contribution in [0.1, 0.15) is 41.5 Å². The lowest BCUT2D eigenvalue weighted by atomic mass is 10.1. The highest BCUT2D eigenvalue weighted by molar-refractivity contribution is 6.07. The highest BCUT2D eigenvalue weighted by Crippen LogP contribution is 2.23. The zero-order chi connectivity index (χ0) is 16.4. The van der Waals surface area contributed by atoms with Crippen LogP contribution < -0.4 is 10.1 Å². The molecule has 7 heteroatoms. The van der Waals surface area contributed by atoms with Crippen molar-refractivity contribution in [3.63, 3.8) is 0 Å².